The summed E-state index contributed by atoms with van der Waals surface area (Å²) < 4.78 is 45.5. The van der Waals surface area contributed by atoms with Crippen LogP contribution in [0.4, 0.5) is 18.9 Å². The van der Waals surface area contributed by atoms with Crippen molar-refractivity contribution < 1.29 is 32.4 Å². The Hall–Kier alpha value is -3.66. The zero-order valence-corrected chi connectivity index (χ0v) is 21.0. The fraction of sp³-hybridized carbons (Fsp3) is 0.333. The molecule has 7 nitrogen and oxygen atoms in total. The molecule has 2 aromatic rings. The van der Waals surface area contributed by atoms with E-state index in [9.17, 15) is 32.9 Å². The molecule has 0 atom stereocenters. The number of allylic oxidation sites excluding steroid dienone is 4. The maximum absolute atomic E-state index is 13.3. The minimum Gasteiger partial charge on any atom is -0.450 e. The minimum absolute atomic E-state index is 0.0576. The molecule has 0 fully saturated rings. The van der Waals surface area contributed by atoms with Crippen molar-refractivity contribution >= 4 is 28.9 Å². The number of Topliss-reactive ketones (excluding diaryl/α,β-unsaturated/α-hetero) is 2. The van der Waals surface area contributed by atoms with E-state index < -0.39 is 34.0 Å². The van der Waals surface area contributed by atoms with Crippen molar-refractivity contribution in [3.05, 3.63) is 85.2 Å². The van der Waals surface area contributed by atoms with E-state index in [2.05, 4.69) is 0 Å². The molecule has 0 radical (unpaired) electrons. The molecule has 3 aliphatic rings. The molecule has 1 aliphatic heterocycles. The number of nitro groups is 1. The fourth-order valence-electron chi connectivity index (χ4n) is 5.54. The highest BCUT2D eigenvalue weighted by Gasteiger charge is 2.43. The summed E-state index contributed by atoms with van der Waals surface area (Å²) in [6.45, 7) is 0. The van der Waals surface area contributed by atoms with E-state index in [4.69, 9.17) is 16.3 Å². The van der Waals surface area contributed by atoms with Gasteiger partial charge >= 0.3 is 11.9 Å². The molecule has 1 heterocycles. The van der Waals surface area contributed by atoms with E-state index >= 15 is 0 Å². The molecule has 198 valence electrons. The van der Waals surface area contributed by atoms with Crippen LogP contribution >= 0.6 is 11.6 Å². The van der Waals surface area contributed by atoms with Gasteiger partial charge in [-0.3, -0.25) is 19.7 Å². The van der Waals surface area contributed by atoms with Gasteiger partial charge in [0, 0.05) is 65.0 Å². The van der Waals surface area contributed by atoms with Gasteiger partial charge in [-0.25, -0.2) is 0 Å². The molecule has 0 N–H and O–H groups in total. The first-order valence-corrected chi connectivity index (χ1v) is 12.4. The second-order valence-corrected chi connectivity index (χ2v) is 9.92. The lowest BCUT2D eigenvalue weighted by molar-refractivity contribution is -0.385. The third-order valence-corrected chi connectivity index (χ3v) is 7.47. The van der Waals surface area contributed by atoms with E-state index in [1.54, 1.807) is 6.07 Å². The standard InChI is InChI=1S/C27H22ClF3N2O5/c1-32-17-4-2-6-20(34)25(17)24(26-18(32)5-3-7-21(26)35)16-13-15(28)9-11-22(16)38-23-10-8-14(27(29,30)31)12-19(23)33(36)37/h8-13,24H,2-7H2,1H3. The van der Waals surface area contributed by atoms with Crippen LogP contribution in [0.3, 0.4) is 0 Å². The quantitative estimate of drug-likeness (QED) is 0.300. The number of alkyl halides is 3. The molecule has 2 aromatic carbocycles. The Balaban J connectivity index is 1.69. The summed E-state index contributed by atoms with van der Waals surface area (Å²) in [4.78, 5) is 39.2. The molecule has 0 spiro atoms. The molecule has 2 aliphatic carbocycles. The number of hydrogen-bond acceptors (Lipinski definition) is 6. The maximum Gasteiger partial charge on any atom is 0.416 e. The van der Waals surface area contributed by atoms with Crippen LogP contribution in [-0.4, -0.2) is 28.4 Å². The van der Waals surface area contributed by atoms with Crippen molar-refractivity contribution in [3.8, 4) is 11.5 Å². The van der Waals surface area contributed by atoms with Gasteiger partial charge in [0.2, 0.25) is 5.75 Å². The number of ether oxygens (including phenoxy) is 1. The smallest absolute Gasteiger partial charge is 0.416 e. The average molecular weight is 547 g/mol. The first-order chi connectivity index (χ1) is 18.0. The van der Waals surface area contributed by atoms with Crippen molar-refractivity contribution in [2.45, 2.75) is 50.6 Å². The molecular formula is C27H22ClF3N2O5. The average Bonchev–Trinajstić information content (AvgIpc) is 2.86. The molecule has 0 saturated heterocycles. The lowest BCUT2D eigenvalue weighted by atomic mass is 9.71. The highest BCUT2D eigenvalue weighted by atomic mass is 35.5. The number of ketones is 2. The number of halogens is 4. The topological polar surface area (TPSA) is 89.8 Å². The molecule has 11 heteroatoms. The number of benzene rings is 2. The summed E-state index contributed by atoms with van der Waals surface area (Å²) in [5.74, 6) is -1.38. The Bertz CT molecular complexity index is 1400. The molecule has 0 amide bonds. The van der Waals surface area contributed by atoms with E-state index in [0.717, 1.165) is 17.5 Å². The Labute approximate surface area is 220 Å². The van der Waals surface area contributed by atoms with Crippen LogP contribution < -0.4 is 4.74 Å². The van der Waals surface area contributed by atoms with Crippen LogP contribution in [0.1, 0.15) is 55.6 Å². The van der Waals surface area contributed by atoms with Gasteiger partial charge in [-0.05, 0) is 56.0 Å². The number of carbonyl (C=O) groups is 2. The molecule has 0 unspecified atom stereocenters. The van der Waals surface area contributed by atoms with Crippen LogP contribution in [-0.2, 0) is 15.8 Å². The van der Waals surface area contributed by atoms with Gasteiger partial charge in [-0.2, -0.15) is 13.2 Å². The van der Waals surface area contributed by atoms with Crippen LogP contribution in [0.2, 0.25) is 5.02 Å². The highest BCUT2D eigenvalue weighted by molar-refractivity contribution is 6.30. The molecule has 0 saturated carbocycles. The summed E-state index contributed by atoms with van der Waals surface area (Å²) in [6.07, 6.45) is -1.55. The summed E-state index contributed by atoms with van der Waals surface area (Å²) in [7, 11) is 1.85. The third-order valence-electron chi connectivity index (χ3n) is 7.23. The van der Waals surface area contributed by atoms with E-state index in [-0.39, 0.29) is 22.3 Å². The van der Waals surface area contributed by atoms with Crippen LogP contribution in [0, 0.1) is 10.1 Å². The van der Waals surface area contributed by atoms with Crippen molar-refractivity contribution in [1.82, 2.24) is 4.90 Å². The second-order valence-electron chi connectivity index (χ2n) is 9.49. The fourth-order valence-corrected chi connectivity index (χ4v) is 5.72. The Morgan fingerprint density at radius 3 is 2.08 bits per heavy atom. The van der Waals surface area contributed by atoms with Crippen molar-refractivity contribution in [2.75, 3.05) is 7.05 Å². The van der Waals surface area contributed by atoms with E-state index in [1.807, 2.05) is 11.9 Å². The highest BCUT2D eigenvalue weighted by Crippen LogP contribution is 2.51. The zero-order valence-electron chi connectivity index (χ0n) is 20.2. The maximum atomic E-state index is 13.3. The summed E-state index contributed by atoms with van der Waals surface area (Å²) >= 11 is 6.34. The first-order valence-electron chi connectivity index (χ1n) is 12.1. The van der Waals surface area contributed by atoms with Gasteiger partial charge < -0.3 is 9.64 Å². The summed E-state index contributed by atoms with van der Waals surface area (Å²) in [5, 5.41) is 11.9. The number of nitrogens with zero attached hydrogens (tertiary/aromatic N) is 2. The SMILES string of the molecule is CN1C2=C(C(=O)CCC2)C(c2cc(Cl)ccc2Oc2ccc(C(F)(F)F)cc2[N+](=O)[O-])C2=C1CCCC2=O. The number of hydrogen-bond donors (Lipinski definition) is 0. The Kier molecular flexibility index (Phi) is 6.54. The van der Waals surface area contributed by atoms with Crippen molar-refractivity contribution in [1.29, 1.82) is 0 Å². The number of carbonyl (C=O) groups excluding carboxylic acids is 2. The van der Waals surface area contributed by atoms with Crippen molar-refractivity contribution in [3.63, 3.8) is 0 Å². The molecular weight excluding hydrogens is 525 g/mol. The van der Waals surface area contributed by atoms with Gasteiger partial charge in [0.15, 0.2) is 11.6 Å². The number of nitro benzene ring substituents is 1. The lowest BCUT2D eigenvalue weighted by Gasteiger charge is -2.42. The van der Waals surface area contributed by atoms with Gasteiger partial charge in [-0.15, -0.1) is 0 Å². The van der Waals surface area contributed by atoms with E-state index in [1.165, 1.54) is 12.1 Å². The van der Waals surface area contributed by atoms with Gasteiger partial charge in [0.05, 0.1) is 10.5 Å². The van der Waals surface area contributed by atoms with Crippen molar-refractivity contribution in [2.24, 2.45) is 0 Å². The largest absolute Gasteiger partial charge is 0.450 e. The normalized spacial score (nSPS) is 18.5. The van der Waals surface area contributed by atoms with E-state index in [0.29, 0.717) is 67.4 Å². The molecule has 5 rings (SSSR count). The summed E-state index contributed by atoms with van der Waals surface area (Å²) in [6, 6.07) is 6.46. The van der Waals surface area contributed by atoms with Gasteiger partial charge in [0.1, 0.15) is 5.75 Å². The molecule has 38 heavy (non-hydrogen) atoms. The number of rotatable bonds is 4. The molecule has 0 bridgehead atoms. The monoisotopic (exact) mass is 546 g/mol. The predicted molar refractivity (Wildman–Crippen MR) is 132 cm³/mol. The minimum atomic E-state index is -4.78. The van der Waals surface area contributed by atoms with Gasteiger partial charge in [-0.1, -0.05) is 11.6 Å². The van der Waals surface area contributed by atoms with Gasteiger partial charge in [0.25, 0.3) is 0 Å². The Morgan fingerprint density at radius 2 is 1.53 bits per heavy atom. The van der Waals surface area contributed by atoms with Crippen LogP contribution in [0.5, 0.6) is 11.5 Å². The van der Waals surface area contributed by atoms with Crippen LogP contribution in [0.15, 0.2) is 58.9 Å². The molecule has 0 aromatic heterocycles. The first kappa shape index (κ1) is 26.0. The zero-order chi connectivity index (χ0) is 27.4. The summed E-state index contributed by atoms with van der Waals surface area (Å²) in [5.41, 5.74) is 0.839. The van der Waals surface area contributed by atoms with Crippen LogP contribution in [0.25, 0.3) is 0 Å². The lowest BCUT2D eigenvalue weighted by Crippen LogP contribution is -2.37. The Morgan fingerprint density at radius 1 is 0.947 bits per heavy atom. The third kappa shape index (κ3) is 4.47. The predicted octanol–water partition coefficient (Wildman–Crippen LogP) is 7.10. The second kappa shape index (κ2) is 9.58.